The lowest BCUT2D eigenvalue weighted by Crippen LogP contribution is -2.15. The van der Waals surface area contributed by atoms with Gasteiger partial charge in [0.05, 0.1) is 7.11 Å². The first kappa shape index (κ1) is 11.7. The molecule has 1 aromatic heterocycles. The summed E-state index contributed by atoms with van der Waals surface area (Å²) in [5.41, 5.74) is 6.21. The zero-order chi connectivity index (χ0) is 12.4. The molecule has 5 nitrogen and oxygen atoms in total. The molecule has 0 radical (unpaired) electrons. The number of rotatable bonds is 2. The van der Waals surface area contributed by atoms with Crippen LogP contribution in [0.1, 0.15) is 41.6 Å². The molecule has 0 amide bonds. The molecule has 1 heterocycles. The summed E-state index contributed by atoms with van der Waals surface area (Å²) in [6, 6.07) is 0.297. The second-order valence-electron chi connectivity index (χ2n) is 4.19. The summed E-state index contributed by atoms with van der Waals surface area (Å²) in [5.74, 6) is 0.702. The lowest BCUT2D eigenvalue weighted by atomic mass is 10.0. The monoisotopic (exact) mass is 235 g/mol. The number of carbonyl (C=O) groups is 1. The average Bonchev–Trinajstić information content (AvgIpc) is 2.65. The molecule has 0 saturated carbocycles. The minimum Gasteiger partial charge on any atom is -0.464 e. The number of aryl methyl sites for hydroxylation is 1. The summed E-state index contributed by atoms with van der Waals surface area (Å²) >= 11 is 0. The molecule has 5 heteroatoms. The fraction of sp³-hybridized carbons (Fsp3) is 0.500. The van der Waals surface area contributed by atoms with Crippen LogP contribution >= 0.6 is 0 Å². The second kappa shape index (κ2) is 4.61. The minimum absolute atomic E-state index is 0.222. The van der Waals surface area contributed by atoms with Crippen LogP contribution in [0.4, 0.5) is 5.82 Å². The number of aromatic nitrogens is 2. The number of imidazole rings is 1. The second-order valence-corrected chi connectivity index (χ2v) is 4.19. The zero-order valence-electron chi connectivity index (χ0n) is 10.1. The lowest BCUT2D eigenvalue weighted by Gasteiger charge is -2.22. The summed E-state index contributed by atoms with van der Waals surface area (Å²) in [6.45, 7) is 1.86. The number of methoxy groups -OCH3 is 1. The first-order valence-corrected chi connectivity index (χ1v) is 5.72. The number of allylic oxidation sites excluding steroid dienone is 2. The molecule has 0 bridgehead atoms. The Labute approximate surface area is 100 Å². The number of ether oxygens (including phenoxy) is 1. The van der Waals surface area contributed by atoms with Gasteiger partial charge in [0.2, 0.25) is 0 Å². The molecule has 0 spiro atoms. The maximum atomic E-state index is 11.5. The van der Waals surface area contributed by atoms with Gasteiger partial charge in [0.25, 0.3) is 0 Å². The van der Waals surface area contributed by atoms with Crippen LogP contribution in [-0.2, 0) is 4.74 Å². The zero-order valence-corrected chi connectivity index (χ0v) is 10.1. The molecule has 2 N–H and O–H groups in total. The van der Waals surface area contributed by atoms with Crippen molar-refractivity contribution >= 4 is 11.8 Å². The fourth-order valence-corrected chi connectivity index (χ4v) is 2.28. The van der Waals surface area contributed by atoms with Crippen LogP contribution in [0.15, 0.2) is 12.2 Å². The van der Waals surface area contributed by atoms with E-state index in [2.05, 4.69) is 21.9 Å². The highest BCUT2D eigenvalue weighted by Gasteiger charge is 2.23. The van der Waals surface area contributed by atoms with Gasteiger partial charge >= 0.3 is 5.97 Å². The third-order valence-electron chi connectivity index (χ3n) is 3.11. The number of nitrogens with zero attached hydrogens (tertiary/aromatic N) is 2. The highest BCUT2D eigenvalue weighted by molar-refractivity contribution is 5.92. The molecule has 92 valence electrons. The highest BCUT2D eigenvalue weighted by Crippen LogP contribution is 2.29. The predicted octanol–water partition coefficient (Wildman–Crippen LogP) is 1.84. The molecule has 0 saturated heterocycles. The number of nitrogen functional groups attached to an aromatic ring is 1. The summed E-state index contributed by atoms with van der Waals surface area (Å²) in [6.07, 6.45) is 7.31. The number of esters is 1. The van der Waals surface area contributed by atoms with E-state index in [9.17, 15) is 4.79 Å². The van der Waals surface area contributed by atoms with E-state index in [1.165, 1.54) is 7.11 Å². The van der Waals surface area contributed by atoms with Crippen molar-refractivity contribution in [2.75, 3.05) is 12.8 Å². The molecule has 17 heavy (non-hydrogen) atoms. The summed E-state index contributed by atoms with van der Waals surface area (Å²) < 4.78 is 6.60. The van der Waals surface area contributed by atoms with E-state index in [4.69, 9.17) is 5.73 Å². The minimum atomic E-state index is -0.476. The number of nitrogens with two attached hydrogens (primary N) is 1. The number of carbonyl (C=O) groups excluding carboxylic acids is 1. The molecular weight excluding hydrogens is 218 g/mol. The third kappa shape index (κ3) is 2.05. The van der Waals surface area contributed by atoms with Gasteiger partial charge in [0.1, 0.15) is 11.6 Å². The Bertz CT molecular complexity index is 463. The standard InChI is InChI=1S/C12H17N3O2/c1-8-14-10(12(16)17-2)11(13)15(8)9-6-4-3-5-7-9/h3-4,9H,5-7,13H2,1-2H3. The van der Waals surface area contributed by atoms with Crippen molar-refractivity contribution in [3.8, 4) is 0 Å². The van der Waals surface area contributed by atoms with E-state index in [0.717, 1.165) is 25.1 Å². The van der Waals surface area contributed by atoms with E-state index in [-0.39, 0.29) is 5.69 Å². The Morgan fingerprint density at radius 2 is 2.35 bits per heavy atom. The summed E-state index contributed by atoms with van der Waals surface area (Å²) in [4.78, 5) is 15.7. The van der Waals surface area contributed by atoms with E-state index < -0.39 is 5.97 Å². The molecule has 0 fully saturated rings. The van der Waals surface area contributed by atoms with Gasteiger partial charge in [-0.1, -0.05) is 12.2 Å². The van der Waals surface area contributed by atoms with Gasteiger partial charge in [-0.25, -0.2) is 9.78 Å². The van der Waals surface area contributed by atoms with E-state index in [1.807, 2.05) is 11.5 Å². The molecular formula is C12H17N3O2. The summed E-state index contributed by atoms with van der Waals surface area (Å²) in [5, 5.41) is 0. The van der Waals surface area contributed by atoms with Crippen molar-refractivity contribution in [2.24, 2.45) is 0 Å². The van der Waals surface area contributed by atoms with Gasteiger partial charge in [0.15, 0.2) is 5.69 Å². The average molecular weight is 235 g/mol. The molecule has 1 aliphatic rings. The largest absolute Gasteiger partial charge is 0.464 e. The van der Waals surface area contributed by atoms with Crippen LogP contribution < -0.4 is 5.73 Å². The first-order chi connectivity index (χ1) is 8.15. The molecule has 1 aromatic rings. The highest BCUT2D eigenvalue weighted by atomic mass is 16.5. The van der Waals surface area contributed by atoms with Gasteiger partial charge < -0.3 is 15.0 Å². The number of anilines is 1. The molecule has 1 aliphatic carbocycles. The number of hydrogen-bond acceptors (Lipinski definition) is 4. The Kier molecular flexibility index (Phi) is 3.17. The molecule has 2 rings (SSSR count). The lowest BCUT2D eigenvalue weighted by molar-refractivity contribution is 0.0595. The van der Waals surface area contributed by atoms with Crippen molar-refractivity contribution in [2.45, 2.75) is 32.2 Å². The van der Waals surface area contributed by atoms with Crippen LogP contribution in [0.3, 0.4) is 0 Å². The first-order valence-electron chi connectivity index (χ1n) is 5.72. The molecule has 0 aromatic carbocycles. The topological polar surface area (TPSA) is 70.1 Å². The Hall–Kier alpha value is -1.78. The van der Waals surface area contributed by atoms with Crippen LogP contribution in [0, 0.1) is 6.92 Å². The van der Waals surface area contributed by atoms with Crippen molar-refractivity contribution in [1.29, 1.82) is 0 Å². The van der Waals surface area contributed by atoms with E-state index in [1.54, 1.807) is 0 Å². The van der Waals surface area contributed by atoms with Gasteiger partial charge in [-0.3, -0.25) is 0 Å². The van der Waals surface area contributed by atoms with Crippen LogP contribution in [0.2, 0.25) is 0 Å². The van der Waals surface area contributed by atoms with Crippen LogP contribution in [0.25, 0.3) is 0 Å². The smallest absolute Gasteiger partial charge is 0.360 e. The Morgan fingerprint density at radius 3 is 2.94 bits per heavy atom. The van der Waals surface area contributed by atoms with E-state index in [0.29, 0.717) is 11.9 Å². The van der Waals surface area contributed by atoms with Gasteiger partial charge in [0, 0.05) is 6.04 Å². The van der Waals surface area contributed by atoms with Gasteiger partial charge in [-0.2, -0.15) is 0 Å². The van der Waals surface area contributed by atoms with Gasteiger partial charge in [-0.15, -0.1) is 0 Å². The number of hydrogen-bond donors (Lipinski definition) is 1. The molecule has 0 aliphatic heterocycles. The van der Waals surface area contributed by atoms with Gasteiger partial charge in [-0.05, 0) is 26.2 Å². The quantitative estimate of drug-likeness (QED) is 0.627. The predicted molar refractivity (Wildman–Crippen MR) is 64.7 cm³/mol. The molecule has 1 atom stereocenters. The van der Waals surface area contributed by atoms with Crippen molar-refractivity contribution in [3.63, 3.8) is 0 Å². The SMILES string of the molecule is COC(=O)c1nc(C)n(C2CC=CCC2)c1N. The van der Waals surface area contributed by atoms with Crippen molar-refractivity contribution < 1.29 is 9.53 Å². The Balaban J connectivity index is 2.37. The maximum Gasteiger partial charge on any atom is 0.360 e. The molecule has 1 unspecified atom stereocenters. The Morgan fingerprint density at radius 1 is 1.59 bits per heavy atom. The fourth-order valence-electron chi connectivity index (χ4n) is 2.28. The third-order valence-corrected chi connectivity index (χ3v) is 3.11. The summed E-state index contributed by atoms with van der Waals surface area (Å²) in [7, 11) is 1.33. The van der Waals surface area contributed by atoms with Crippen LogP contribution in [-0.4, -0.2) is 22.6 Å². The maximum absolute atomic E-state index is 11.5. The van der Waals surface area contributed by atoms with E-state index >= 15 is 0 Å². The van der Waals surface area contributed by atoms with Crippen molar-refractivity contribution in [1.82, 2.24) is 9.55 Å². The normalized spacial score (nSPS) is 19.3. The van der Waals surface area contributed by atoms with Crippen LogP contribution in [0.5, 0.6) is 0 Å². The van der Waals surface area contributed by atoms with Crippen molar-refractivity contribution in [3.05, 3.63) is 23.7 Å².